The molecule has 1 aromatic heterocycles. The monoisotopic (exact) mass is 346 g/mol. The van der Waals surface area contributed by atoms with Crippen LogP contribution >= 0.6 is 0 Å². The topological polar surface area (TPSA) is 82.1 Å². The number of amides is 1. The van der Waals surface area contributed by atoms with E-state index in [2.05, 4.69) is 15.4 Å². The number of likely N-dealkylation sites (tertiary alicyclic amines) is 1. The van der Waals surface area contributed by atoms with Gasteiger partial charge in [-0.25, -0.2) is 4.39 Å². The summed E-state index contributed by atoms with van der Waals surface area (Å²) in [6, 6.07) is 6.39. The lowest BCUT2D eigenvalue weighted by Gasteiger charge is -2.38. The second kappa shape index (κ2) is 7.31. The van der Waals surface area contributed by atoms with E-state index in [9.17, 15) is 14.3 Å². The van der Waals surface area contributed by atoms with Gasteiger partial charge in [-0.3, -0.25) is 4.79 Å². The quantitative estimate of drug-likeness (QED) is 0.868. The highest BCUT2D eigenvalue weighted by atomic mass is 19.1. The van der Waals surface area contributed by atoms with E-state index in [4.69, 9.17) is 0 Å². The van der Waals surface area contributed by atoms with Crippen LogP contribution in [0.25, 0.3) is 0 Å². The summed E-state index contributed by atoms with van der Waals surface area (Å²) in [7, 11) is 0. The maximum Gasteiger partial charge on any atom is 0.225 e. The Morgan fingerprint density at radius 1 is 1.36 bits per heavy atom. The number of H-pyrrole nitrogens is 1. The first-order chi connectivity index (χ1) is 12.0. The number of piperidine rings is 1. The summed E-state index contributed by atoms with van der Waals surface area (Å²) in [5, 5.41) is 20.9. The number of halogens is 1. The fourth-order valence-corrected chi connectivity index (χ4v) is 3.25. The smallest absolute Gasteiger partial charge is 0.225 e. The molecular formula is C18H23FN4O2. The highest BCUT2D eigenvalue weighted by molar-refractivity contribution is 5.78. The third kappa shape index (κ3) is 4.04. The fraction of sp³-hybridized carbons (Fsp3) is 0.500. The zero-order valence-electron chi connectivity index (χ0n) is 14.3. The third-order valence-corrected chi connectivity index (χ3v) is 4.99. The molecule has 1 amide bonds. The van der Waals surface area contributed by atoms with E-state index in [0.29, 0.717) is 38.0 Å². The first-order valence-corrected chi connectivity index (χ1v) is 8.60. The number of aliphatic hydroxyl groups is 1. The largest absolute Gasteiger partial charge is 0.383 e. The Kier molecular flexibility index (Phi) is 5.13. The molecule has 134 valence electrons. The van der Waals surface area contributed by atoms with E-state index in [1.807, 2.05) is 11.8 Å². The van der Waals surface area contributed by atoms with Crippen molar-refractivity contribution in [3.05, 3.63) is 47.5 Å². The van der Waals surface area contributed by atoms with Crippen LogP contribution in [0.5, 0.6) is 0 Å². The molecule has 1 aromatic carbocycles. The van der Waals surface area contributed by atoms with Gasteiger partial charge in [-0.15, -0.1) is 0 Å². The van der Waals surface area contributed by atoms with Gasteiger partial charge in [0.1, 0.15) is 17.1 Å². The average Bonchev–Trinajstić information content (AvgIpc) is 3.16. The zero-order valence-corrected chi connectivity index (χ0v) is 14.3. The predicted molar refractivity (Wildman–Crippen MR) is 90.0 cm³/mol. The minimum atomic E-state index is -1.01. The van der Waals surface area contributed by atoms with Crippen LogP contribution in [0.15, 0.2) is 30.5 Å². The summed E-state index contributed by atoms with van der Waals surface area (Å²) < 4.78 is 12.9. The molecule has 2 aromatic rings. The summed E-state index contributed by atoms with van der Waals surface area (Å²) in [5.74, 6) is -0.256. The first kappa shape index (κ1) is 17.5. The molecule has 1 fully saturated rings. The molecule has 1 aliphatic rings. The molecular weight excluding hydrogens is 323 g/mol. The Labute approximate surface area is 146 Å². The van der Waals surface area contributed by atoms with Crippen molar-refractivity contribution in [1.82, 2.24) is 20.3 Å². The minimum absolute atomic E-state index is 0.101. The van der Waals surface area contributed by atoms with Crippen LogP contribution in [0.1, 0.15) is 37.4 Å². The van der Waals surface area contributed by atoms with E-state index in [1.54, 1.807) is 12.1 Å². The van der Waals surface area contributed by atoms with Gasteiger partial charge in [-0.2, -0.15) is 15.4 Å². The Hall–Kier alpha value is -2.28. The highest BCUT2D eigenvalue weighted by Crippen LogP contribution is 2.31. The van der Waals surface area contributed by atoms with Crippen LogP contribution in [0.3, 0.4) is 0 Å². The summed E-state index contributed by atoms with van der Waals surface area (Å²) in [4.78, 5) is 14.4. The number of benzene rings is 1. The zero-order chi connectivity index (χ0) is 17.9. The molecule has 0 aliphatic carbocycles. The molecule has 1 saturated heterocycles. The van der Waals surface area contributed by atoms with Crippen LogP contribution in [0, 0.1) is 11.7 Å². The highest BCUT2D eigenvalue weighted by Gasteiger charge is 2.38. The molecule has 1 atom stereocenters. The van der Waals surface area contributed by atoms with Crippen molar-refractivity contribution in [3.63, 3.8) is 0 Å². The molecule has 0 spiro atoms. The number of carbonyl (C=O) groups is 1. The maximum absolute atomic E-state index is 12.9. The van der Waals surface area contributed by atoms with Crippen molar-refractivity contribution >= 4 is 5.91 Å². The maximum atomic E-state index is 12.9. The Morgan fingerprint density at radius 2 is 2.04 bits per heavy atom. The van der Waals surface area contributed by atoms with Gasteiger partial charge in [0.2, 0.25) is 5.91 Å². The summed E-state index contributed by atoms with van der Waals surface area (Å²) in [6.07, 6.45) is 3.90. The molecule has 7 heteroatoms. The lowest BCUT2D eigenvalue weighted by molar-refractivity contribution is -0.139. The Morgan fingerprint density at radius 3 is 2.64 bits per heavy atom. The lowest BCUT2D eigenvalue weighted by atomic mass is 9.88. The molecule has 2 heterocycles. The van der Waals surface area contributed by atoms with Gasteiger partial charge in [0, 0.05) is 19.0 Å². The van der Waals surface area contributed by atoms with Crippen molar-refractivity contribution in [2.24, 2.45) is 5.92 Å². The number of hydrogen-bond donors (Lipinski definition) is 2. The number of nitrogens with zero attached hydrogens (tertiary/aromatic N) is 3. The number of aromatic amines is 1. The second-order valence-corrected chi connectivity index (χ2v) is 6.78. The van der Waals surface area contributed by atoms with E-state index >= 15 is 0 Å². The van der Waals surface area contributed by atoms with Crippen LogP contribution in [0.4, 0.5) is 4.39 Å². The Bertz CT molecular complexity index is 694. The van der Waals surface area contributed by atoms with E-state index in [1.165, 1.54) is 18.3 Å². The second-order valence-electron chi connectivity index (χ2n) is 6.78. The molecule has 2 N–H and O–H groups in total. The van der Waals surface area contributed by atoms with Crippen molar-refractivity contribution in [2.45, 2.75) is 38.2 Å². The van der Waals surface area contributed by atoms with Crippen molar-refractivity contribution < 1.29 is 14.3 Å². The number of aryl methyl sites for hydroxylation is 1. The number of aromatic nitrogens is 3. The minimum Gasteiger partial charge on any atom is -0.383 e. The van der Waals surface area contributed by atoms with Crippen molar-refractivity contribution in [2.75, 3.05) is 13.1 Å². The molecule has 1 unspecified atom stereocenters. The SMILES string of the molecule is CC(CCc1ccc(F)cc1)C(=O)N1CCC(O)(c2cn[nH]n2)CC1. The molecule has 0 saturated carbocycles. The van der Waals surface area contributed by atoms with Gasteiger partial charge >= 0.3 is 0 Å². The normalized spacial score (nSPS) is 18.1. The summed E-state index contributed by atoms with van der Waals surface area (Å²) in [5.41, 5.74) is 0.547. The van der Waals surface area contributed by atoms with Gasteiger partial charge in [-0.05, 0) is 43.4 Å². The summed E-state index contributed by atoms with van der Waals surface area (Å²) in [6.45, 7) is 2.93. The molecule has 1 aliphatic heterocycles. The van der Waals surface area contributed by atoms with Crippen LogP contribution in [-0.2, 0) is 16.8 Å². The first-order valence-electron chi connectivity index (χ1n) is 8.60. The summed E-state index contributed by atoms with van der Waals surface area (Å²) >= 11 is 0. The van der Waals surface area contributed by atoms with Crippen LogP contribution < -0.4 is 0 Å². The standard InChI is InChI=1S/C18H23FN4O2/c1-13(2-3-14-4-6-15(19)7-5-14)17(24)23-10-8-18(25,9-11-23)16-12-20-22-21-16/h4-7,12-13,25H,2-3,8-11H2,1H3,(H,20,21,22). The van der Waals surface area contributed by atoms with Crippen molar-refractivity contribution in [3.8, 4) is 0 Å². The lowest BCUT2D eigenvalue weighted by Crippen LogP contribution is -2.47. The number of nitrogens with one attached hydrogen (secondary N) is 1. The van der Waals surface area contributed by atoms with Gasteiger partial charge < -0.3 is 10.0 Å². The van der Waals surface area contributed by atoms with Gasteiger partial charge in [-0.1, -0.05) is 19.1 Å². The Balaban J connectivity index is 1.50. The van der Waals surface area contributed by atoms with E-state index in [0.717, 1.165) is 12.0 Å². The number of rotatable bonds is 5. The van der Waals surface area contributed by atoms with Gasteiger partial charge in [0.15, 0.2) is 0 Å². The fourth-order valence-electron chi connectivity index (χ4n) is 3.25. The van der Waals surface area contributed by atoms with Gasteiger partial charge in [0.05, 0.1) is 6.20 Å². The molecule has 6 nitrogen and oxygen atoms in total. The molecule has 0 radical (unpaired) electrons. The van der Waals surface area contributed by atoms with E-state index < -0.39 is 5.60 Å². The molecule has 0 bridgehead atoms. The van der Waals surface area contributed by atoms with Crippen LogP contribution in [0.2, 0.25) is 0 Å². The van der Waals surface area contributed by atoms with Gasteiger partial charge in [0.25, 0.3) is 0 Å². The van der Waals surface area contributed by atoms with Crippen LogP contribution in [-0.4, -0.2) is 44.4 Å². The number of carbonyl (C=O) groups excluding carboxylic acids is 1. The predicted octanol–water partition coefficient (Wildman–Crippen LogP) is 2.02. The number of hydrogen-bond acceptors (Lipinski definition) is 4. The molecule has 25 heavy (non-hydrogen) atoms. The van der Waals surface area contributed by atoms with E-state index in [-0.39, 0.29) is 17.6 Å². The van der Waals surface area contributed by atoms with Crippen molar-refractivity contribution in [1.29, 1.82) is 0 Å². The third-order valence-electron chi connectivity index (χ3n) is 4.99. The molecule has 3 rings (SSSR count). The average molecular weight is 346 g/mol.